The van der Waals surface area contributed by atoms with Crippen molar-refractivity contribution in [1.29, 1.82) is 0 Å². The molecule has 5 nitrogen and oxygen atoms in total. The number of hydrogen-bond acceptors (Lipinski definition) is 4. The van der Waals surface area contributed by atoms with E-state index in [4.69, 9.17) is 9.84 Å². The lowest BCUT2D eigenvalue weighted by atomic mass is 10.2. The van der Waals surface area contributed by atoms with Crippen LogP contribution in [0.2, 0.25) is 0 Å². The normalized spacial score (nSPS) is 22.6. The summed E-state index contributed by atoms with van der Waals surface area (Å²) in [5.74, 6) is -0.954. The molecule has 0 aromatic heterocycles. The maximum Gasteiger partial charge on any atom is 0.332 e. The highest BCUT2D eigenvalue weighted by atomic mass is 16.5. The summed E-state index contributed by atoms with van der Waals surface area (Å²) in [4.78, 5) is 12.7. The Kier molecular flexibility index (Phi) is 4.74. The van der Waals surface area contributed by atoms with Crippen molar-refractivity contribution in [3.05, 3.63) is 12.2 Å². The third kappa shape index (κ3) is 4.42. The van der Waals surface area contributed by atoms with E-state index in [9.17, 15) is 4.79 Å². The van der Waals surface area contributed by atoms with Gasteiger partial charge in [0.1, 0.15) is 0 Å². The summed E-state index contributed by atoms with van der Waals surface area (Å²) in [5.41, 5.74) is 0.180. The molecule has 1 aliphatic heterocycles. The van der Waals surface area contributed by atoms with Crippen LogP contribution in [0.15, 0.2) is 12.2 Å². The molecule has 1 saturated heterocycles. The predicted molar refractivity (Wildman–Crippen MR) is 56.9 cm³/mol. The van der Waals surface area contributed by atoms with Crippen molar-refractivity contribution in [2.75, 3.05) is 39.8 Å². The molecule has 0 aromatic carbocycles. The second-order valence-corrected chi connectivity index (χ2v) is 3.79. The minimum Gasteiger partial charge on any atom is -0.478 e. The molecule has 0 spiro atoms. The first-order valence-corrected chi connectivity index (χ1v) is 5.01. The fourth-order valence-electron chi connectivity index (χ4n) is 1.45. The number of nitrogens with one attached hydrogen (secondary N) is 1. The van der Waals surface area contributed by atoms with E-state index in [1.54, 1.807) is 0 Å². The zero-order valence-electron chi connectivity index (χ0n) is 9.03. The zero-order chi connectivity index (χ0) is 11.3. The van der Waals surface area contributed by atoms with Gasteiger partial charge in [-0.2, -0.15) is 0 Å². The van der Waals surface area contributed by atoms with Gasteiger partial charge in [0.05, 0.1) is 12.7 Å². The van der Waals surface area contributed by atoms with Crippen LogP contribution in [-0.4, -0.2) is 61.9 Å². The van der Waals surface area contributed by atoms with Gasteiger partial charge in [0, 0.05) is 31.8 Å². The summed E-state index contributed by atoms with van der Waals surface area (Å²) >= 11 is 0. The molecule has 1 heterocycles. The van der Waals surface area contributed by atoms with Gasteiger partial charge in [-0.15, -0.1) is 0 Å². The number of nitrogens with zero attached hydrogens (tertiary/aromatic N) is 1. The van der Waals surface area contributed by atoms with Crippen LogP contribution in [0.3, 0.4) is 0 Å². The van der Waals surface area contributed by atoms with Crippen molar-refractivity contribution in [2.24, 2.45) is 0 Å². The summed E-state index contributed by atoms with van der Waals surface area (Å²) in [6.07, 6.45) is 0.144. The average Bonchev–Trinajstić information content (AvgIpc) is 2.17. The molecule has 0 aromatic rings. The van der Waals surface area contributed by atoms with Crippen molar-refractivity contribution in [2.45, 2.75) is 6.10 Å². The molecule has 15 heavy (non-hydrogen) atoms. The third-order valence-electron chi connectivity index (χ3n) is 2.35. The molecule has 0 bridgehead atoms. The molecule has 1 rings (SSSR count). The lowest BCUT2D eigenvalue weighted by Gasteiger charge is -2.30. The van der Waals surface area contributed by atoms with Gasteiger partial charge in [-0.25, -0.2) is 4.79 Å². The number of carboxylic acids is 1. The Labute approximate surface area is 89.7 Å². The largest absolute Gasteiger partial charge is 0.478 e. The Bertz CT molecular complexity index is 243. The Hall–Kier alpha value is -0.910. The summed E-state index contributed by atoms with van der Waals surface area (Å²) in [7, 11) is 2.05. The fraction of sp³-hybridized carbons (Fsp3) is 0.700. The molecule has 0 radical (unpaired) electrons. The number of carboxylic acid groups (broad SMARTS) is 1. The van der Waals surface area contributed by atoms with Crippen molar-refractivity contribution < 1.29 is 14.6 Å². The van der Waals surface area contributed by atoms with E-state index < -0.39 is 5.97 Å². The van der Waals surface area contributed by atoms with Crippen LogP contribution in [0.25, 0.3) is 0 Å². The van der Waals surface area contributed by atoms with Crippen LogP contribution < -0.4 is 5.32 Å². The monoisotopic (exact) mass is 214 g/mol. The molecule has 5 heteroatoms. The minimum absolute atomic E-state index is 0.144. The maximum atomic E-state index is 10.5. The van der Waals surface area contributed by atoms with Crippen LogP contribution in [0.5, 0.6) is 0 Å². The molecule has 2 N–H and O–H groups in total. The first-order chi connectivity index (χ1) is 7.09. The first-order valence-electron chi connectivity index (χ1n) is 5.01. The zero-order valence-corrected chi connectivity index (χ0v) is 9.03. The van der Waals surface area contributed by atoms with Crippen molar-refractivity contribution >= 4 is 5.97 Å². The van der Waals surface area contributed by atoms with Crippen LogP contribution in [-0.2, 0) is 9.53 Å². The number of rotatable bonds is 5. The number of carbonyl (C=O) groups is 1. The smallest absolute Gasteiger partial charge is 0.332 e. The van der Waals surface area contributed by atoms with Gasteiger partial charge in [-0.05, 0) is 7.05 Å². The first kappa shape index (κ1) is 12.2. The van der Waals surface area contributed by atoms with Crippen LogP contribution >= 0.6 is 0 Å². The molecular formula is C10H18N2O3. The van der Waals surface area contributed by atoms with Gasteiger partial charge in [-0.3, -0.25) is 0 Å². The van der Waals surface area contributed by atoms with E-state index in [1.165, 1.54) is 0 Å². The second-order valence-electron chi connectivity index (χ2n) is 3.79. The van der Waals surface area contributed by atoms with Crippen molar-refractivity contribution in [3.63, 3.8) is 0 Å². The fourth-order valence-corrected chi connectivity index (χ4v) is 1.45. The Morgan fingerprint density at radius 1 is 1.73 bits per heavy atom. The quantitative estimate of drug-likeness (QED) is 0.607. The number of morpholine rings is 1. The topological polar surface area (TPSA) is 61.8 Å². The number of ether oxygens (including phenoxy) is 1. The lowest BCUT2D eigenvalue weighted by molar-refractivity contribution is -0.132. The van der Waals surface area contributed by atoms with Gasteiger partial charge in [0.2, 0.25) is 0 Å². The van der Waals surface area contributed by atoms with E-state index in [1.807, 2.05) is 7.05 Å². The molecule has 1 atom stereocenters. The van der Waals surface area contributed by atoms with E-state index in [0.717, 1.165) is 19.7 Å². The molecule has 1 fully saturated rings. The predicted octanol–water partition coefficient (Wildman–Crippen LogP) is -0.453. The van der Waals surface area contributed by atoms with Gasteiger partial charge in [0.15, 0.2) is 0 Å². The summed E-state index contributed by atoms with van der Waals surface area (Å²) in [5, 5.41) is 11.6. The lowest BCUT2D eigenvalue weighted by Crippen LogP contribution is -2.45. The molecule has 0 saturated carbocycles. The van der Waals surface area contributed by atoms with Crippen LogP contribution in [0, 0.1) is 0 Å². The SMILES string of the molecule is C=C(CNCC1CN(C)CCO1)C(=O)O. The van der Waals surface area contributed by atoms with Crippen LogP contribution in [0.1, 0.15) is 0 Å². The molecule has 1 aliphatic rings. The summed E-state index contributed by atoms with van der Waals surface area (Å²) < 4.78 is 5.51. The molecule has 0 amide bonds. The number of aliphatic carboxylic acids is 1. The highest BCUT2D eigenvalue weighted by Crippen LogP contribution is 2.01. The van der Waals surface area contributed by atoms with E-state index in [-0.39, 0.29) is 11.7 Å². The van der Waals surface area contributed by atoms with E-state index in [2.05, 4.69) is 16.8 Å². The minimum atomic E-state index is -0.954. The second kappa shape index (κ2) is 5.85. The maximum absolute atomic E-state index is 10.5. The van der Waals surface area contributed by atoms with Gasteiger partial charge in [0.25, 0.3) is 0 Å². The Morgan fingerprint density at radius 3 is 3.07 bits per heavy atom. The number of likely N-dealkylation sites (N-methyl/N-ethyl adjacent to an activating group) is 1. The van der Waals surface area contributed by atoms with Gasteiger partial charge < -0.3 is 20.1 Å². The molecule has 1 unspecified atom stereocenters. The van der Waals surface area contributed by atoms with E-state index >= 15 is 0 Å². The highest BCUT2D eigenvalue weighted by Gasteiger charge is 2.17. The van der Waals surface area contributed by atoms with Gasteiger partial charge >= 0.3 is 5.97 Å². The third-order valence-corrected chi connectivity index (χ3v) is 2.35. The Balaban J connectivity index is 2.14. The summed E-state index contributed by atoms with van der Waals surface area (Å²) in [6, 6.07) is 0. The molecular weight excluding hydrogens is 196 g/mol. The van der Waals surface area contributed by atoms with Crippen molar-refractivity contribution in [3.8, 4) is 0 Å². The Morgan fingerprint density at radius 2 is 2.47 bits per heavy atom. The summed E-state index contributed by atoms with van der Waals surface area (Å²) in [6.45, 7) is 6.98. The average molecular weight is 214 g/mol. The standard InChI is InChI=1S/C10H18N2O3/c1-8(10(13)14)5-11-6-9-7-12(2)3-4-15-9/h9,11H,1,3-7H2,2H3,(H,13,14). The van der Waals surface area contributed by atoms with Gasteiger partial charge in [-0.1, -0.05) is 6.58 Å². The molecule has 0 aliphatic carbocycles. The molecule has 86 valence electrons. The highest BCUT2D eigenvalue weighted by molar-refractivity contribution is 5.86. The van der Waals surface area contributed by atoms with Crippen molar-refractivity contribution in [1.82, 2.24) is 10.2 Å². The van der Waals surface area contributed by atoms with E-state index in [0.29, 0.717) is 13.1 Å². The number of hydrogen-bond donors (Lipinski definition) is 2. The van der Waals surface area contributed by atoms with Crippen LogP contribution in [0.4, 0.5) is 0 Å².